The molecule has 0 saturated heterocycles. The number of aromatic nitrogens is 2. The molecule has 34 heavy (non-hydrogen) atoms. The van der Waals surface area contributed by atoms with Crippen LogP contribution in [0.15, 0.2) is 54.2 Å². The minimum Gasteiger partial charge on any atom is -0.359 e. The third kappa shape index (κ3) is 3.24. The minimum atomic E-state index is -0.237. The number of nitrogens with one attached hydrogen (secondary N) is 1. The van der Waals surface area contributed by atoms with Crippen LogP contribution in [-0.4, -0.2) is 22.7 Å². The van der Waals surface area contributed by atoms with Crippen molar-refractivity contribution >= 4 is 23.6 Å². The lowest BCUT2D eigenvalue weighted by atomic mass is 9.80. The van der Waals surface area contributed by atoms with Gasteiger partial charge in [0.1, 0.15) is 5.82 Å². The molecule has 3 aliphatic carbocycles. The Hall–Kier alpha value is -2.92. The zero-order valence-electron chi connectivity index (χ0n) is 19.2. The van der Waals surface area contributed by atoms with Crippen LogP contribution in [-0.2, 0) is 24.1 Å². The summed E-state index contributed by atoms with van der Waals surface area (Å²) in [6.45, 7) is 0. The number of carbonyl (C=O) groups is 1. The first kappa shape index (κ1) is 21.6. The van der Waals surface area contributed by atoms with Crippen molar-refractivity contribution in [1.82, 2.24) is 15.1 Å². The normalized spacial score (nSPS) is 24.1. The Morgan fingerprint density at radius 1 is 1.24 bits per heavy atom. The van der Waals surface area contributed by atoms with E-state index in [1.54, 1.807) is 24.8 Å². The molecular weight excluding hydrogens is 449 g/mol. The molecule has 2 aromatic carbocycles. The van der Waals surface area contributed by atoms with Gasteiger partial charge in [0, 0.05) is 17.5 Å². The SMILES string of the molecule is CNC(=O)Cc1c(Cl)cccc1CC[C@]12CCC3=Cc4c(cnn4-c4ccc(F)cc4)CC31C2. The van der Waals surface area contributed by atoms with Crippen molar-refractivity contribution in [3.63, 3.8) is 0 Å². The topological polar surface area (TPSA) is 46.9 Å². The van der Waals surface area contributed by atoms with Crippen LogP contribution < -0.4 is 5.32 Å². The Labute approximate surface area is 203 Å². The summed E-state index contributed by atoms with van der Waals surface area (Å²) in [5.41, 5.74) is 7.55. The number of likely N-dealkylation sites (N-methyl/N-ethyl adjacent to an activating group) is 1. The van der Waals surface area contributed by atoms with Gasteiger partial charge in [-0.25, -0.2) is 9.07 Å². The monoisotopic (exact) mass is 475 g/mol. The van der Waals surface area contributed by atoms with Crippen LogP contribution in [0.2, 0.25) is 5.02 Å². The fourth-order valence-corrected chi connectivity index (χ4v) is 6.83. The predicted molar refractivity (Wildman–Crippen MR) is 131 cm³/mol. The lowest BCUT2D eigenvalue weighted by Gasteiger charge is -2.24. The van der Waals surface area contributed by atoms with Crippen LogP contribution in [0.1, 0.15) is 48.1 Å². The summed E-state index contributed by atoms with van der Waals surface area (Å²) in [5, 5.41) is 8.03. The minimum absolute atomic E-state index is 0.0144. The van der Waals surface area contributed by atoms with E-state index in [9.17, 15) is 9.18 Å². The summed E-state index contributed by atoms with van der Waals surface area (Å²) in [6.07, 6.45) is 11.3. The summed E-state index contributed by atoms with van der Waals surface area (Å²) in [5.74, 6) is -0.252. The molecule has 0 bridgehead atoms. The quantitative estimate of drug-likeness (QED) is 0.497. The van der Waals surface area contributed by atoms with Gasteiger partial charge in [-0.15, -0.1) is 0 Å². The van der Waals surface area contributed by atoms with Crippen molar-refractivity contribution in [3.8, 4) is 5.69 Å². The Bertz CT molecular complexity index is 1330. The molecule has 0 aliphatic heterocycles. The Morgan fingerprint density at radius 2 is 2.06 bits per heavy atom. The molecule has 3 aromatic rings. The van der Waals surface area contributed by atoms with Crippen molar-refractivity contribution in [2.24, 2.45) is 10.8 Å². The zero-order valence-corrected chi connectivity index (χ0v) is 20.0. The lowest BCUT2D eigenvalue weighted by Crippen LogP contribution is -2.21. The molecule has 1 amide bonds. The second-order valence-corrected chi connectivity index (χ2v) is 10.5. The van der Waals surface area contributed by atoms with E-state index in [1.165, 1.54) is 36.1 Å². The van der Waals surface area contributed by atoms with Crippen molar-refractivity contribution < 1.29 is 9.18 Å². The van der Waals surface area contributed by atoms with Crippen molar-refractivity contribution in [2.45, 2.75) is 44.9 Å². The number of benzene rings is 2. The van der Waals surface area contributed by atoms with Crippen LogP contribution in [0, 0.1) is 16.6 Å². The first-order chi connectivity index (χ1) is 16.4. The van der Waals surface area contributed by atoms with E-state index in [0.29, 0.717) is 16.9 Å². The number of aryl methyl sites for hydroxylation is 1. The molecule has 2 saturated carbocycles. The predicted octanol–water partition coefficient (Wildman–Crippen LogP) is 5.70. The largest absolute Gasteiger partial charge is 0.359 e. The highest BCUT2D eigenvalue weighted by Crippen LogP contribution is 2.79. The van der Waals surface area contributed by atoms with Crippen molar-refractivity contribution in [3.05, 3.63) is 87.5 Å². The summed E-state index contributed by atoms with van der Waals surface area (Å²) >= 11 is 6.48. The molecule has 3 aliphatic rings. The van der Waals surface area contributed by atoms with Gasteiger partial charge in [-0.2, -0.15) is 5.10 Å². The fraction of sp³-hybridized carbons (Fsp3) is 0.357. The van der Waals surface area contributed by atoms with Gasteiger partial charge in [0.15, 0.2) is 0 Å². The summed E-state index contributed by atoms with van der Waals surface area (Å²) in [7, 11) is 1.66. The maximum atomic E-state index is 13.4. The Kier molecular flexibility index (Phi) is 4.96. The third-order valence-corrected chi connectivity index (χ3v) is 8.84. The number of allylic oxidation sites excluding steroid dienone is 1. The van der Waals surface area contributed by atoms with Gasteiger partial charge >= 0.3 is 0 Å². The van der Waals surface area contributed by atoms with Gasteiger partial charge in [0.2, 0.25) is 5.91 Å². The van der Waals surface area contributed by atoms with Crippen LogP contribution in [0.3, 0.4) is 0 Å². The second kappa shape index (κ2) is 7.81. The highest BCUT2D eigenvalue weighted by Gasteiger charge is 2.71. The van der Waals surface area contributed by atoms with Crippen LogP contribution in [0.5, 0.6) is 0 Å². The van der Waals surface area contributed by atoms with Crippen molar-refractivity contribution in [2.75, 3.05) is 7.05 Å². The first-order valence-electron chi connectivity index (χ1n) is 12.0. The first-order valence-corrected chi connectivity index (χ1v) is 12.3. The van der Waals surface area contributed by atoms with Gasteiger partial charge in [0.05, 0.1) is 24.0 Å². The van der Waals surface area contributed by atoms with Gasteiger partial charge in [0.25, 0.3) is 0 Å². The van der Waals surface area contributed by atoms with Crippen molar-refractivity contribution in [1.29, 1.82) is 0 Å². The van der Waals surface area contributed by atoms with E-state index in [0.717, 1.165) is 42.6 Å². The average Bonchev–Trinajstić information content (AvgIpc) is 3.10. The van der Waals surface area contributed by atoms with Gasteiger partial charge in [-0.1, -0.05) is 29.3 Å². The molecule has 1 unspecified atom stereocenters. The number of hydrogen-bond donors (Lipinski definition) is 1. The third-order valence-electron chi connectivity index (χ3n) is 8.48. The molecule has 2 fully saturated rings. The molecule has 4 nitrogen and oxygen atoms in total. The number of carbonyl (C=O) groups excluding carboxylic acids is 1. The number of hydrogen-bond acceptors (Lipinski definition) is 2. The van der Waals surface area contributed by atoms with Gasteiger partial charge in [-0.3, -0.25) is 4.79 Å². The molecule has 1 N–H and O–H groups in total. The second-order valence-electron chi connectivity index (χ2n) is 10.1. The molecule has 1 spiro atoms. The lowest BCUT2D eigenvalue weighted by molar-refractivity contribution is -0.119. The van der Waals surface area contributed by atoms with Crippen LogP contribution in [0.25, 0.3) is 11.8 Å². The van der Waals surface area contributed by atoms with E-state index < -0.39 is 0 Å². The zero-order chi connectivity index (χ0) is 23.5. The fourth-order valence-electron chi connectivity index (χ4n) is 6.57. The average molecular weight is 476 g/mol. The molecular formula is C28H27ClFN3O. The molecule has 1 aromatic heterocycles. The Balaban J connectivity index is 1.24. The summed E-state index contributed by atoms with van der Waals surface area (Å²) < 4.78 is 15.3. The van der Waals surface area contributed by atoms with E-state index in [2.05, 4.69) is 22.6 Å². The molecule has 174 valence electrons. The molecule has 6 heteroatoms. The number of rotatable bonds is 6. The summed E-state index contributed by atoms with van der Waals surface area (Å²) in [4.78, 5) is 12.0. The van der Waals surface area contributed by atoms with E-state index in [-0.39, 0.29) is 17.1 Å². The maximum absolute atomic E-state index is 13.4. The number of fused-ring (bicyclic) bond motifs is 1. The maximum Gasteiger partial charge on any atom is 0.224 e. The van der Waals surface area contributed by atoms with E-state index in [1.807, 2.05) is 23.0 Å². The number of halogens is 2. The highest BCUT2D eigenvalue weighted by molar-refractivity contribution is 6.31. The van der Waals surface area contributed by atoms with Gasteiger partial charge < -0.3 is 5.32 Å². The summed E-state index contributed by atoms with van der Waals surface area (Å²) in [6, 6.07) is 12.5. The number of amides is 1. The molecule has 2 atom stereocenters. The van der Waals surface area contributed by atoms with Crippen LogP contribution >= 0.6 is 11.6 Å². The molecule has 1 heterocycles. The van der Waals surface area contributed by atoms with Crippen LogP contribution in [0.4, 0.5) is 4.39 Å². The smallest absolute Gasteiger partial charge is 0.224 e. The number of nitrogens with zero attached hydrogens (tertiary/aromatic N) is 2. The molecule has 6 rings (SSSR count). The standard InChI is InChI=1S/C28H27ClFN3O/c1-31-26(34)14-23-18(3-2-4-24(23)29)9-11-27-12-10-20-13-25-19(15-28(20,27)17-27)16-32-33(25)22-7-5-21(30)6-8-22/h2-8,13,16H,9-12,14-15,17H2,1H3,(H,31,34)/t27-,28?/m1/s1. The highest BCUT2D eigenvalue weighted by atomic mass is 35.5. The van der Waals surface area contributed by atoms with E-state index >= 15 is 0 Å². The van der Waals surface area contributed by atoms with E-state index in [4.69, 9.17) is 11.6 Å². The Morgan fingerprint density at radius 3 is 2.85 bits per heavy atom. The van der Waals surface area contributed by atoms with Gasteiger partial charge in [-0.05, 0) is 97.0 Å². The molecule has 0 radical (unpaired) electrons.